The molecule has 4 aromatic rings. The molecule has 2 aliphatic rings. The van der Waals surface area contributed by atoms with Gasteiger partial charge in [0, 0.05) is 13.1 Å². The molecule has 2 atom stereocenters. The molecule has 6 rings (SSSR count). The fraction of sp³-hybridized carbons (Fsp3) is 0.250. The Bertz CT molecular complexity index is 1840. The SMILES string of the molecule is COc1cc([C@H]2N3CCc4ccccc4[C@@H]3CN2S(=O)(=O)c2ccc(C)cc2)ccc1OS(=O)(=O)c1ccc(C)cc1. The molecule has 0 unspecified atom stereocenters. The van der Waals surface area contributed by atoms with Crippen molar-refractivity contribution in [3.05, 3.63) is 119 Å². The Morgan fingerprint density at radius 1 is 0.762 bits per heavy atom. The van der Waals surface area contributed by atoms with E-state index in [9.17, 15) is 16.8 Å². The van der Waals surface area contributed by atoms with Gasteiger partial charge >= 0.3 is 10.1 Å². The summed E-state index contributed by atoms with van der Waals surface area (Å²) in [6, 6.07) is 26.2. The van der Waals surface area contributed by atoms with E-state index in [1.807, 2.05) is 26.0 Å². The minimum atomic E-state index is -4.12. The smallest absolute Gasteiger partial charge is 0.339 e. The second-order valence-electron chi connectivity index (χ2n) is 10.7. The van der Waals surface area contributed by atoms with Crippen LogP contribution in [0.4, 0.5) is 0 Å². The van der Waals surface area contributed by atoms with E-state index in [-0.39, 0.29) is 33.9 Å². The Kier molecular flexibility index (Phi) is 7.34. The molecule has 0 N–H and O–H groups in total. The fourth-order valence-electron chi connectivity index (χ4n) is 5.82. The van der Waals surface area contributed by atoms with E-state index < -0.39 is 26.3 Å². The van der Waals surface area contributed by atoms with Crippen molar-refractivity contribution in [2.45, 2.75) is 42.3 Å². The van der Waals surface area contributed by atoms with Crippen LogP contribution in [0.15, 0.2) is 101 Å². The average molecular weight is 605 g/mol. The standard InChI is InChI=1S/C32H32N2O6S2/c1-22-8-13-26(14-9-22)41(35,36)34-21-29-28-7-5-4-6-24(28)18-19-33(29)32(34)25-12-17-30(31(20-25)39-3)40-42(37,38)27-15-10-23(2)11-16-27/h4-17,20,29,32H,18-19,21H2,1-3H3/t29-,32-/m0/s1. The van der Waals surface area contributed by atoms with Crippen LogP contribution in [-0.4, -0.2) is 46.2 Å². The highest BCUT2D eigenvalue weighted by Gasteiger charge is 2.48. The molecule has 2 aliphatic heterocycles. The van der Waals surface area contributed by atoms with Crippen LogP contribution >= 0.6 is 0 Å². The quantitative estimate of drug-likeness (QED) is 0.262. The van der Waals surface area contributed by atoms with Gasteiger partial charge in [0.2, 0.25) is 10.0 Å². The summed E-state index contributed by atoms with van der Waals surface area (Å²) in [7, 11) is -6.57. The van der Waals surface area contributed by atoms with E-state index in [2.05, 4.69) is 17.0 Å². The van der Waals surface area contributed by atoms with Crippen LogP contribution in [0.2, 0.25) is 0 Å². The first-order valence-corrected chi connectivity index (χ1v) is 16.5. The number of aryl methyl sites for hydroxylation is 2. The molecule has 8 nitrogen and oxygen atoms in total. The number of ether oxygens (including phenoxy) is 1. The number of methoxy groups -OCH3 is 1. The van der Waals surface area contributed by atoms with Gasteiger partial charge in [-0.2, -0.15) is 12.7 Å². The molecule has 1 fully saturated rings. The van der Waals surface area contributed by atoms with E-state index in [1.165, 1.54) is 30.9 Å². The van der Waals surface area contributed by atoms with Crippen LogP contribution in [0.25, 0.3) is 0 Å². The van der Waals surface area contributed by atoms with Crippen molar-refractivity contribution in [3.63, 3.8) is 0 Å². The second kappa shape index (κ2) is 10.9. The van der Waals surface area contributed by atoms with Crippen LogP contribution < -0.4 is 8.92 Å². The van der Waals surface area contributed by atoms with E-state index in [1.54, 1.807) is 52.8 Å². The number of benzene rings is 4. The lowest BCUT2D eigenvalue weighted by molar-refractivity contribution is 0.154. The van der Waals surface area contributed by atoms with Gasteiger partial charge in [0.1, 0.15) is 11.1 Å². The lowest BCUT2D eigenvalue weighted by Crippen LogP contribution is -2.37. The molecular formula is C32H32N2O6S2. The molecule has 42 heavy (non-hydrogen) atoms. The van der Waals surface area contributed by atoms with Crippen LogP contribution in [0.5, 0.6) is 11.5 Å². The van der Waals surface area contributed by atoms with Gasteiger partial charge in [-0.1, -0.05) is 65.7 Å². The molecule has 0 spiro atoms. The molecule has 0 aliphatic carbocycles. The number of hydrogen-bond donors (Lipinski definition) is 0. The van der Waals surface area contributed by atoms with Gasteiger partial charge < -0.3 is 8.92 Å². The highest BCUT2D eigenvalue weighted by molar-refractivity contribution is 7.89. The largest absolute Gasteiger partial charge is 0.493 e. The van der Waals surface area contributed by atoms with E-state index >= 15 is 0 Å². The summed E-state index contributed by atoms with van der Waals surface area (Å²) < 4.78 is 66.9. The van der Waals surface area contributed by atoms with Crippen molar-refractivity contribution < 1.29 is 25.8 Å². The first-order chi connectivity index (χ1) is 20.1. The van der Waals surface area contributed by atoms with Crippen molar-refractivity contribution in [2.75, 3.05) is 20.2 Å². The summed E-state index contributed by atoms with van der Waals surface area (Å²) in [5, 5.41) is 0. The van der Waals surface area contributed by atoms with Crippen molar-refractivity contribution in [3.8, 4) is 11.5 Å². The van der Waals surface area contributed by atoms with E-state index in [0.717, 1.165) is 23.1 Å². The molecule has 10 heteroatoms. The van der Waals surface area contributed by atoms with Gasteiger partial charge in [0.15, 0.2) is 11.5 Å². The van der Waals surface area contributed by atoms with Crippen LogP contribution in [0.3, 0.4) is 0 Å². The Labute approximate surface area is 247 Å². The van der Waals surface area contributed by atoms with E-state index in [0.29, 0.717) is 12.1 Å². The maximum Gasteiger partial charge on any atom is 0.339 e. The lowest BCUT2D eigenvalue weighted by atomic mass is 9.93. The molecular weight excluding hydrogens is 572 g/mol. The average Bonchev–Trinajstić information content (AvgIpc) is 3.39. The van der Waals surface area contributed by atoms with Crippen molar-refractivity contribution >= 4 is 20.1 Å². The topological polar surface area (TPSA) is 93.2 Å². The Morgan fingerprint density at radius 2 is 1.40 bits per heavy atom. The Hall–Kier alpha value is -3.70. The molecule has 4 aromatic carbocycles. The molecule has 1 saturated heterocycles. The minimum absolute atomic E-state index is 0.0216. The summed E-state index contributed by atoms with van der Waals surface area (Å²) in [5.41, 5.74) is 4.89. The summed E-state index contributed by atoms with van der Waals surface area (Å²) in [5.74, 6) is 0.213. The minimum Gasteiger partial charge on any atom is -0.493 e. The maximum atomic E-state index is 14.1. The van der Waals surface area contributed by atoms with Crippen LogP contribution in [-0.2, 0) is 26.6 Å². The fourth-order valence-corrected chi connectivity index (χ4v) is 8.35. The summed E-state index contributed by atoms with van der Waals surface area (Å²) in [6.45, 7) is 4.73. The molecule has 0 radical (unpaired) electrons. The number of hydrogen-bond acceptors (Lipinski definition) is 7. The molecule has 0 saturated carbocycles. The number of rotatable bonds is 7. The third kappa shape index (κ3) is 5.09. The third-order valence-electron chi connectivity index (χ3n) is 8.02. The first-order valence-electron chi connectivity index (χ1n) is 13.7. The summed E-state index contributed by atoms with van der Waals surface area (Å²) in [6.07, 6.45) is 0.153. The number of fused-ring (bicyclic) bond motifs is 3. The van der Waals surface area contributed by atoms with Gasteiger partial charge in [0.05, 0.1) is 18.0 Å². The highest BCUT2D eigenvalue weighted by atomic mass is 32.2. The van der Waals surface area contributed by atoms with Crippen molar-refractivity contribution in [2.24, 2.45) is 0 Å². The zero-order valence-corrected chi connectivity index (χ0v) is 25.2. The van der Waals surface area contributed by atoms with Crippen molar-refractivity contribution in [1.82, 2.24) is 9.21 Å². The second-order valence-corrected chi connectivity index (χ2v) is 14.2. The summed E-state index contributed by atoms with van der Waals surface area (Å²) >= 11 is 0. The predicted octanol–water partition coefficient (Wildman–Crippen LogP) is 5.38. The molecule has 2 heterocycles. The predicted molar refractivity (Wildman–Crippen MR) is 159 cm³/mol. The van der Waals surface area contributed by atoms with Gasteiger partial charge in [-0.25, -0.2) is 8.42 Å². The zero-order valence-electron chi connectivity index (χ0n) is 23.6. The first kappa shape index (κ1) is 28.4. The lowest BCUT2D eigenvalue weighted by Gasteiger charge is -2.36. The van der Waals surface area contributed by atoms with Gasteiger partial charge in [0.25, 0.3) is 0 Å². The third-order valence-corrected chi connectivity index (χ3v) is 11.1. The van der Waals surface area contributed by atoms with Crippen LogP contribution in [0, 0.1) is 13.8 Å². The number of sulfonamides is 1. The van der Waals surface area contributed by atoms with Gasteiger partial charge in [-0.05, 0) is 73.4 Å². The van der Waals surface area contributed by atoms with Crippen molar-refractivity contribution in [1.29, 1.82) is 0 Å². The molecule has 0 amide bonds. The monoisotopic (exact) mass is 604 g/mol. The van der Waals surface area contributed by atoms with Gasteiger partial charge in [-0.15, -0.1) is 0 Å². The molecule has 0 bridgehead atoms. The maximum absolute atomic E-state index is 14.1. The van der Waals surface area contributed by atoms with Crippen LogP contribution in [0.1, 0.15) is 40.0 Å². The Balaban J connectivity index is 1.41. The Morgan fingerprint density at radius 3 is 2.07 bits per heavy atom. The number of nitrogens with zero attached hydrogens (tertiary/aromatic N) is 2. The highest BCUT2D eigenvalue weighted by Crippen LogP contribution is 2.48. The zero-order chi connectivity index (χ0) is 29.6. The van der Waals surface area contributed by atoms with E-state index in [4.69, 9.17) is 8.92 Å². The normalized spacial score (nSPS) is 19.2. The molecule has 0 aromatic heterocycles. The summed E-state index contributed by atoms with van der Waals surface area (Å²) in [4.78, 5) is 2.45. The molecule has 218 valence electrons. The van der Waals surface area contributed by atoms with Gasteiger partial charge in [-0.3, -0.25) is 4.90 Å².